The van der Waals surface area contributed by atoms with Gasteiger partial charge in [-0.25, -0.2) is 0 Å². The molecule has 3 aromatic rings. The van der Waals surface area contributed by atoms with Gasteiger partial charge in [0.2, 0.25) is 0 Å². The minimum absolute atomic E-state index is 0.268. The van der Waals surface area contributed by atoms with Gasteiger partial charge in [0.1, 0.15) is 19.5 Å². The summed E-state index contributed by atoms with van der Waals surface area (Å²) in [6.07, 6.45) is 0.764. The van der Waals surface area contributed by atoms with Crippen LogP contribution in [0.2, 0.25) is 10.0 Å². The number of halogens is 2. The molecule has 26 heavy (non-hydrogen) atoms. The fraction of sp³-hybridized carbons (Fsp3) is 0.0952. The average molecular weight is 387 g/mol. The van der Waals surface area contributed by atoms with Crippen molar-refractivity contribution in [1.82, 2.24) is 0 Å². The average Bonchev–Trinajstić information content (AvgIpc) is 2.67. The lowest BCUT2D eigenvalue weighted by molar-refractivity contribution is 0.112. The molecule has 0 saturated heterocycles. The van der Waals surface area contributed by atoms with E-state index >= 15 is 0 Å². The molecule has 0 radical (unpaired) electrons. The van der Waals surface area contributed by atoms with Gasteiger partial charge in [0.15, 0.2) is 11.5 Å². The van der Waals surface area contributed by atoms with Gasteiger partial charge in [-0.2, -0.15) is 0 Å². The monoisotopic (exact) mass is 386 g/mol. The molecular formula is C21H16Cl2O3. The fourth-order valence-corrected chi connectivity index (χ4v) is 2.75. The second kappa shape index (κ2) is 8.75. The molecule has 0 aliphatic rings. The van der Waals surface area contributed by atoms with Gasteiger partial charge in [-0.15, -0.1) is 0 Å². The van der Waals surface area contributed by atoms with Gasteiger partial charge in [-0.3, -0.25) is 4.79 Å². The van der Waals surface area contributed by atoms with E-state index in [0.29, 0.717) is 33.7 Å². The second-order valence-corrected chi connectivity index (χ2v) is 6.40. The first-order valence-corrected chi connectivity index (χ1v) is 8.74. The maximum atomic E-state index is 11.1. The summed E-state index contributed by atoms with van der Waals surface area (Å²) < 4.78 is 11.7. The number of ether oxygens (including phenoxy) is 2. The first kappa shape index (κ1) is 18.3. The van der Waals surface area contributed by atoms with Gasteiger partial charge in [-0.05, 0) is 30.3 Å². The Morgan fingerprint density at radius 1 is 0.731 bits per heavy atom. The molecule has 3 nitrogen and oxygen atoms in total. The first-order valence-electron chi connectivity index (χ1n) is 7.99. The van der Waals surface area contributed by atoms with Crippen molar-refractivity contribution in [3.63, 3.8) is 0 Å². The standard InChI is InChI=1S/C21H16Cl2O3/c22-18-7-3-1-5-16(18)13-25-20-10-9-15(12-24)11-21(20)26-14-17-6-2-4-8-19(17)23/h1-12H,13-14H2. The zero-order valence-electron chi connectivity index (χ0n) is 13.8. The van der Waals surface area contributed by atoms with Crippen molar-refractivity contribution in [1.29, 1.82) is 0 Å². The quantitative estimate of drug-likeness (QED) is 0.469. The van der Waals surface area contributed by atoms with Gasteiger partial charge >= 0.3 is 0 Å². The number of aldehydes is 1. The van der Waals surface area contributed by atoms with E-state index in [9.17, 15) is 4.79 Å². The van der Waals surface area contributed by atoms with Crippen LogP contribution in [0.3, 0.4) is 0 Å². The van der Waals surface area contributed by atoms with Crippen LogP contribution in [0, 0.1) is 0 Å². The highest BCUT2D eigenvalue weighted by atomic mass is 35.5. The van der Waals surface area contributed by atoms with Crippen LogP contribution in [0.1, 0.15) is 21.5 Å². The topological polar surface area (TPSA) is 35.5 Å². The third-order valence-electron chi connectivity index (χ3n) is 3.79. The summed E-state index contributed by atoms with van der Waals surface area (Å²) in [6.45, 7) is 0.562. The van der Waals surface area contributed by atoms with E-state index in [-0.39, 0.29) is 6.61 Å². The van der Waals surface area contributed by atoms with Crippen LogP contribution in [-0.2, 0) is 13.2 Å². The highest BCUT2D eigenvalue weighted by molar-refractivity contribution is 6.31. The molecule has 0 amide bonds. The molecule has 0 heterocycles. The smallest absolute Gasteiger partial charge is 0.162 e. The van der Waals surface area contributed by atoms with Crippen LogP contribution >= 0.6 is 23.2 Å². The van der Waals surface area contributed by atoms with Crippen LogP contribution < -0.4 is 9.47 Å². The van der Waals surface area contributed by atoms with Crippen LogP contribution in [0.15, 0.2) is 66.7 Å². The molecule has 3 rings (SSSR count). The van der Waals surface area contributed by atoms with E-state index in [0.717, 1.165) is 17.4 Å². The number of hydrogen-bond acceptors (Lipinski definition) is 3. The molecule has 3 aromatic carbocycles. The number of hydrogen-bond donors (Lipinski definition) is 0. The minimum atomic E-state index is 0.268. The second-order valence-electron chi connectivity index (χ2n) is 5.58. The number of carbonyl (C=O) groups excluding carboxylic acids is 1. The van der Waals surface area contributed by atoms with Gasteiger partial charge in [0.05, 0.1) is 0 Å². The minimum Gasteiger partial charge on any atom is -0.485 e. The Balaban J connectivity index is 1.78. The number of benzene rings is 3. The van der Waals surface area contributed by atoms with Crippen LogP contribution in [0.5, 0.6) is 11.5 Å². The summed E-state index contributed by atoms with van der Waals surface area (Å²) in [7, 11) is 0. The van der Waals surface area contributed by atoms with Crippen LogP contribution in [0.4, 0.5) is 0 Å². The van der Waals surface area contributed by atoms with Crippen molar-refractivity contribution in [3.8, 4) is 11.5 Å². The number of rotatable bonds is 7. The van der Waals surface area contributed by atoms with Crippen molar-refractivity contribution in [2.75, 3.05) is 0 Å². The summed E-state index contributed by atoms with van der Waals surface area (Å²) >= 11 is 12.3. The van der Waals surface area contributed by atoms with Crippen molar-refractivity contribution in [2.45, 2.75) is 13.2 Å². The molecule has 0 saturated carbocycles. The van der Waals surface area contributed by atoms with E-state index in [1.165, 1.54) is 0 Å². The Morgan fingerprint density at radius 2 is 1.27 bits per heavy atom. The summed E-state index contributed by atoms with van der Waals surface area (Å²) in [5.74, 6) is 1.00. The van der Waals surface area contributed by atoms with Crippen molar-refractivity contribution < 1.29 is 14.3 Å². The molecule has 0 aliphatic carbocycles. The van der Waals surface area contributed by atoms with Crippen molar-refractivity contribution in [3.05, 3.63) is 93.5 Å². The molecule has 0 N–H and O–H groups in total. The predicted octanol–water partition coefficient (Wildman–Crippen LogP) is 5.96. The Bertz CT molecular complexity index is 909. The lowest BCUT2D eigenvalue weighted by Crippen LogP contribution is -2.02. The van der Waals surface area contributed by atoms with Gasteiger partial charge in [-0.1, -0.05) is 59.6 Å². The van der Waals surface area contributed by atoms with Crippen molar-refractivity contribution >= 4 is 29.5 Å². The molecule has 0 atom stereocenters. The summed E-state index contributed by atoms with van der Waals surface area (Å²) in [6, 6.07) is 19.9. The highest BCUT2D eigenvalue weighted by Crippen LogP contribution is 2.31. The molecule has 0 fully saturated rings. The van der Waals surface area contributed by atoms with Gasteiger partial charge < -0.3 is 9.47 Å². The molecule has 132 valence electrons. The molecule has 0 aromatic heterocycles. The zero-order valence-corrected chi connectivity index (χ0v) is 15.3. The SMILES string of the molecule is O=Cc1ccc(OCc2ccccc2Cl)c(OCc2ccccc2Cl)c1. The zero-order chi connectivity index (χ0) is 18.4. The number of carbonyl (C=O) groups is 1. The van der Waals surface area contributed by atoms with Gasteiger partial charge in [0, 0.05) is 26.7 Å². The lowest BCUT2D eigenvalue weighted by Gasteiger charge is -2.14. The van der Waals surface area contributed by atoms with E-state index in [2.05, 4.69) is 0 Å². The summed E-state index contributed by atoms with van der Waals surface area (Å²) in [5.41, 5.74) is 2.22. The third-order valence-corrected chi connectivity index (χ3v) is 4.52. The maximum Gasteiger partial charge on any atom is 0.162 e. The molecule has 5 heteroatoms. The molecule has 0 unspecified atom stereocenters. The third kappa shape index (κ3) is 4.57. The summed E-state index contributed by atoms with van der Waals surface area (Å²) in [5, 5.41) is 1.26. The normalized spacial score (nSPS) is 10.4. The predicted molar refractivity (Wildman–Crippen MR) is 103 cm³/mol. The van der Waals surface area contributed by atoms with Crippen molar-refractivity contribution in [2.24, 2.45) is 0 Å². The van der Waals surface area contributed by atoms with E-state index in [4.69, 9.17) is 32.7 Å². The highest BCUT2D eigenvalue weighted by Gasteiger charge is 2.10. The summed E-state index contributed by atoms with van der Waals surface area (Å²) in [4.78, 5) is 11.1. The Kier molecular flexibility index (Phi) is 6.16. The first-order chi connectivity index (χ1) is 12.7. The van der Waals surface area contributed by atoms with Gasteiger partial charge in [0.25, 0.3) is 0 Å². The van der Waals surface area contributed by atoms with Crippen LogP contribution in [-0.4, -0.2) is 6.29 Å². The fourth-order valence-electron chi connectivity index (χ4n) is 2.37. The van der Waals surface area contributed by atoms with E-state index < -0.39 is 0 Å². The molecular weight excluding hydrogens is 371 g/mol. The molecule has 0 spiro atoms. The van der Waals surface area contributed by atoms with E-state index in [1.807, 2.05) is 42.5 Å². The van der Waals surface area contributed by atoms with Crippen LogP contribution in [0.25, 0.3) is 0 Å². The van der Waals surface area contributed by atoms with E-state index in [1.54, 1.807) is 24.3 Å². The molecule has 0 aliphatic heterocycles. The Labute approximate surface area is 162 Å². The maximum absolute atomic E-state index is 11.1. The Hall–Kier alpha value is -2.49. The largest absolute Gasteiger partial charge is 0.485 e. The Morgan fingerprint density at radius 3 is 1.81 bits per heavy atom. The molecule has 0 bridgehead atoms. The lowest BCUT2D eigenvalue weighted by atomic mass is 10.2.